The lowest BCUT2D eigenvalue weighted by Crippen LogP contribution is -2.42. The highest BCUT2D eigenvalue weighted by Gasteiger charge is 2.35. The fourth-order valence-corrected chi connectivity index (χ4v) is 3.70. The third-order valence-corrected chi connectivity index (χ3v) is 5.43. The van der Waals surface area contributed by atoms with Gasteiger partial charge in [-0.15, -0.1) is 0 Å². The lowest BCUT2D eigenvalue weighted by atomic mass is 9.87. The summed E-state index contributed by atoms with van der Waals surface area (Å²) < 4.78 is 6.00. The largest absolute Gasteiger partial charge is 0.460 e. The van der Waals surface area contributed by atoms with Gasteiger partial charge in [0, 0.05) is 24.8 Å². The summed E-state index contributed by atoms with van der Waals surface area (Å²) in [4.78, 5) is 6.70. The first-order chi connectivity index (χ1) is 13.6. The van der Waals surface area contributed by atoms with E-state index in [1.54, 1.807) is 6.07 Å². The SMILES string of the molecule is Cc1ccc(C2(O)CCN(Cc3ccc(-c4ccccc4C#N)o3)CC2)nc1. The second-order valence-corrected chi connectivity index (χ2v) is 7.45. The van der Waals surface area contributed by atoms with Crippen LogP contribution in [0.1, 0.15) is 35.4 Å². The number of benzene rings is 1. The first-order valence-corrected chi connectivity index (χ1v) is 9.53. The van der Waals surface area contributed by atoms with Crippen molar-refractivity contribution < 1.29 is 9.52 Å². The molecule has 28 heavy (non-hydrogen) atoms. The summed E-state index contributed by atoms with van der Waals surface area (Å²) in [6.07, 6.45) is 3.10. The molecule has 0 bridgehead atoms. The summed E-state index contributed by atoms with van der Waals surface area (Å²) in [5.41, 5.74) is 2.42. The minimum atomic E-state index is -0.857. The zero-order chi connectivity index (χ0) is 19.6. The average Bonchev–Trinajstić information content (AvgIpc) is 3.18. The fraction of sp³-hybridized carbons (Fsp3) is 0.304. The molecule has 0 aliphatic carbocycles. The molecular formula is C23H23N3O2. The van der Waals surface area contributed by atoms with Gasteiger partial charge in [0.1, 0.15) is 17.1 Å². The second kappa shape index (κ2) is 7.59. The summed E-state index contributed by atoms with van der Waals surface area (Å²) in [7, 11) is 0. The molecule has 3 aromatic rings. The van der Waals surface area contributed by atoms with Crippen LogP contribution in [-0.4, -0.2) is 28.1 Å². The number of pyridine rings is 1. The topological polar surface area (TPSA) is 73.3 Å². The first kappa shape index (κ1) is 18.4. The van der Waals surface area contributed by atoms with Crippen molar-refractivity contribution in [2.75, 3.05) is 13.1 Å². The molecule has 1 saturated heterocycles. The van der Waals surface area contributed by atoms with Gasteiger partial charge in [-0.2, -0.15) is 5.26 Å². The van der Waals surface area contributed by atoms with Crippen LogP contribution < -0.4 is 0 Å². The van der Waals surface area contributed by atoms with Crippen molar-refractivity contribution in [1.29, 1.82) is 5.26 Å². The molecule has 1 aliphatic heterocycles. The van der Waals surface area contributed by atoms with Crippen LogP contribution in [0.5, 0.6) is 0 Å². The molecule has 0 amide bonds. The van der Waals surface area contributed by atoms with Crippen molar-refractivity contribution in [2.45, 2.75) is 31.9 Å². The third-order valence-electron chi connectivity index (χ3n) is 5.43. The van der Waals surface area contributed by atoms with Crippen molar-refractivity contribution >= 4 is 0 Å². The number of aromatic nitrogens is 1. The zero-order valence-electron chi connectivity index (χ0n) is 15.9. The van der Waals surface area contributed by atoms with Gasteiger partial charge in [0.25, 0.3) is 0 Å². The Morgan fingerprint density at radius 1 is 1.14 bits per heavy atom. The molecule has 1 fully saturated rings. The molecule has 1 aliphatic rings. The highest BCUT2D eigenvalue weighted by atomic mass is 16.3. The molecule has 3 heterocycles. The van der Waals surface area contributed by atoms with Crippen molar-refractivity contribution in [1.82, 2.24) is 9.88 Å². The minimum Gasteiger partial charge on any atom is -0.460 e. The van der Waals surface area contributed by atoms with Crippen LogP contribution in [0.4, 0.5) is 0 Å². The van der Waals surface area contributed by atoms with Crippen LogP contribution in [0.3, 0.4) is 0 Å². The summed E-state index contributed by atoms with van der Waals surface area (Å²) in [6.45, 7) is 4.23. The smallest absolute Gasteiger partial charge is 0.135 e. The predicted molar refractivity (Wildman–Crippen MR) is 106 cm³/mol. The maximum absolute atomic E-state index is 11.0. The van der Waals surface area contributed by atoms with Gasteiger partial charge >= 0.3 is 0 Å². The average molecular weight is 373 g/mol. The number of likely N-dealkylation sites (tertiary alicyclic amines) is 1. The maximum Gasteiger partial charge on any atom is 0.135 e. The summed E-state index contributed by atoms with van der Waals surface area (Å²) in [6, 6.07) is 17.5. The number of nitriles is 1. The number of piperidine rings is 1. The van der Waals surface area contributed by atoms with Gasteiger partial charge in [0.05, 0.1) is 23.9 Å². The molecule has 2 aromatic heterocycles. The zero-order valence-corrected chi connectivity index (χ0v) is 15.9. The number of rotatable bonds is 4. The monoisotopic (exact) mass is 373 g/mol. The van der Waals surface area contributed by atoms with E-state index >= 15 is 0 Å². The molecule has 0 saturated carbocycles. The molecule has 142 valence electrons. The molecule has 5 heteroatoms. The normalized spacial score (nSPS) is 16.6. The Bertz CT molecular complexity index is 993. The second-order valence-electron chi connectivity index (χ2n) is 7.45. The van der Waals surface area contributed by atoms with Gasteiger partial charge < -0.3 is 9.52 Å². The van der Waals surface area contributed by atoms with E-state index in [9.17, 15) is 10.4 Å². The Morgan fingerprint density at radius 2 is 1.93 bits per heavy atom. The van der Waals surface area contributed by atoms with Crippen molar-refractivity contribution in [2.24, 2.45) is 0 Å². The highest BCUT2D eigenvalue weighted by Crippen LogP contribution is 2.33. The Balaban J connectivity index is 1.41. The van der Waals surface area contributed by atoms with Gasteiger partial charge in [-0.25, -0.2) is 0 Å². The third kappa shape index (κ3) is 3.70. The summed E-state index contributed by atoms with van der Waals surface area (Å²) in [5, 5.41) is 20.3. The lowest BCUT2D eigenvalue weighted by molar-refractivity contribution is -0.0322. The summed E-state index contributed by atoms with van der Waals surface area (Å²) >= 11 is 0. The maximum atomic E-state index is 11.0. The van der Waals surface area contributed by atoms with Crippen LogP contribution in [-0.2, 0) is 12.1 Å². The van der Waals surface area contributed by atoms with Crippen LogP contribution in [0.25, 0.3) is 11.3 Å². The number of furan rings is 1. The van der Waals surface area contributed by atoms with Crippen molar-refractivity contribution in [3.8, 4) is 17.4 Å². The quantitative estimate of drug-likeness (QED) is 0.748. The fourth-order valence-electron chi connectivity index (χ4n) is 3.70. The van der Waals surface area contributed by atoms with Crippen LogP contribution >= 0.6 is 0 Å². The van der Waals surface area contributed by atoms with Crippen molar-refractivity contribution in [3.63, 3.8) is 0 Å². The molecule has 0 radical (unpaired) electrons. The van der Waals surface area contributed by atoms with Crippen molar-refractivity contribution in [3.05, 3.63) is 77.3 Å². The van der Waals surface area contributed by atoms with E-state index in [2.05, 4.69) is 16.0 Å². The number of aryl methyl sites for hydroxylation is 1. The first-order valence-electron chi connectivity index (χ1n) is 9.53. The van der Waals surface area contributed by atoms with Crippen LogP contribution in [0.2, 0.25) is 0 Å². The summed E-state index contributed by atoms with van der Waals surface area (Å²) in [5.74, 6) is 1.58. The molecule has 1 N–H and O–H groups in total. The Hall–Kier alpha value is -2.94. The molecule has 0 spiro atoms. The van der Waals surface area contributed by atoms with Gasteiger partial charge in [-0.1, -0.05) is 18.2 Å². The van der Waals surface area contributed by atoms with Gasteiger partial charge in [0.2, 0.25) is 0 Å². The number of hydrogen-bond donors (Lipinski definition) is 1. The number of hydrogen-bond acceptors (Lipinski definition) is 5. The number of nitrogens with zero attached hydrogens (tertiary/aromatic N) is 3. The van der Waals surface area contributed by atoms with E-state index in [0.29, 0.717) is 30.7 Å². The predicted octanol–water partition coefficient (Wildman–Crippen LogP) is 4.01. The molecule has 0 unspecified atom stereocenters. The standard InChI is InChI=1S/C23H23N3O2/c1-17-6-9-22(25-15-17)23(27)10-12-26(13-11-23)16-19-7-8-21(28-19)20-5-3-2-4-18(20)14-24/h2-9,15,27H,10-13,16H2,1H3. The molecular weight excluding hydrogens is 350 g/mol. The van der Waals surface area contributed by atoms with E-state index in [-0.39, 0.29) is 0 Å². The van der Waals surface area contributed by atoms with Gasteiger partial charge in [0.15, 0.2) is 0 Å². The Kier molecular flexibility index (Phi) is 4.99. The molecule has 4 rings (SSSR count). The Labute approximate surface area is 164 Å². The van der Waals surface area contributed by atoms with E-state index in [4.69, 9.17) is 4.42 Å². The Morgan fingerprint density at radius 3 is 2.64 bits per heavy atom. The minimum absolute atomic E-state index is 0.608. The molecule has 5 nitrogen and oxygen atoms in total. The van der Waals surface area contributed by atoms with Crippen LogP contribution in [0.15, 0.2) is 59.1 Å². The van der Waals surface area contributed by atoms with Crippen LogP contribution in [0, 0.1) is 18.3 Å². The molecule has 1 aromatic carbocycles. The highest BCUT2D eigenvalue weighted by molar-refractivity contribution is 5.66. The van der Waals surface area contributed by atoms with E-state index in [1.807, 2.05) is 55.6 Å². The van der Waals surface area contributed by atoms with E-state index in [1.165, 1.54) is 0 Å². The lowest BCUT2D eigenvalue weighted by Gasteiger charge is -2.37. The van der Waals surface area contributed by atoms with E-state index < -0.39 is 5.60 Å². The number of aliphatic hydroxyl groups is 1. The van der Waals surface area contributed by atoms with Gasteiger partial charge in [-0.3, -0.25) is 9.88 Å². The molecule has 0 atom stereocenters. The van der Waals surface area contributed by atoms with E-state index in [0.717, 1.165) is 35.7 Å². The van der Waals surface area contributed by atoms with Gasteiger partial charge in [-0.05, 0) is 55.7 Å².